The fourth-order valence-electron chi connectivity index (χ4n) is 3.11. The molecule has 8 heteroatoms. The van der Waals surface area contributed by atoms with Crippen LogP contribution in [-0.2, 0) is 0 Å². The van der Waals surface area contributed by atoms with E-state index in [1.165, 1.54) is 22.2 Å². The van der Waals surface area contributed by atoms with E-state index >= 15 is 0 Å². The van der Waals surface area contributed by atoms with Gasteiger partial charge in [0, 0.05) is 10.4 Å². The highest BCUT2D eigenvalue weighted by atomic mass is 32.2. The first kappa shape index (κ1) is 17.0. The summed E-state index contributed by atoms with van der Waals surface area (Å²) in [4.78, 5) is 11.2. The number of benzene rings is 2. The molecule has 3 aromatic heterocycles. The topological polar surface area (TPSA) is 69.4 Å². The average molecular weight is 403 g/mol. The Kier molecular flexibility index (Phi) is 4.34. The molecule has 5 aromatic rings. The maximum absolute atomic E-state index is 4.57. The summed E-state index contributed by atoms with van der Waals surface area (Å²) in [5.41, 5.74) is 3.23. The van der Waals surface area contributed by atoms with Gasteiger partial charge in [0.2, 0.25) is 5.16 Å². The number of fused-ring (bicyclic) bond motifs is 1. The van der Waals surface area contributed by atoms with E-state index in [-0.39, 0.29) is 0 Å². The summed E-state index contributed by atoms with van der Waals surface area (Å²) >= 11 is 3.13. The molecule has 0 amide bonds. The number of thiophene rings is 1. The highest BCUT2D eigenvalue weighted by Crippen LogP contribution is 2.42. The lowest BCUT2D eigenvalue weighted by Gasteiger charge is -2.06. The fraction of sp³-hybridized carbons (Fsp3) is 0.0500. The van der Waals surface area contributed by atoms with E-state index in [9.17, 15) is 0 Å². The zero-order valence-corrected chi connectivity index (χ0v) is 16.5. The summed E-state index contributed by atoms with van der Waals surface area (Å²) in [6, 6.07) is 20.2. The Morgan fingerprint density at radius 1 is 0.929 bits per heavy atom. The Morgan fingerprint density at radius 3 is 2.46 bits per heavy atom. The van der Waals surface area contributed by atoms with Crippen LogP contribution >= 0.6 is 23.1 Å². The number of aryl methyl sites for hydroxylation is 1. The minimum Gasteiger partial charge on any atom is -0.229 e. The molecule has 0 atom stereocenters. The first-order chi connectivity index (χ1) is 13.8. The Morgan fingerprint density at radius 2 is 1.68 bits per heavy atom. The van der Waals surface area contributed by atoms with Gasteiger partial charge in [-0.25, -0.2) is 9.97 Å². The van der Waals surface area contributed by atoms with Crippen LogP contribution in [0.3, 0.4) is 0 Å². The smallest absolute Gasteiger partial charge is 0.220 e. The van der Waals surface area contributed by atoms with Crippen molar-refractivity contribution in [3.63, 3.8) is 0 Å². The first-order valence-corrected chi connectivity index (χ1v) is 10.3. The van der Waals surface area contributed by atoms with Gasteiger partial charge in [-0.05, 0) is 46.8 Å². The lowest BCUT2D eigenvalue weighted by molar-refractivity contribution is 0.756. The van der Waals surface area contributed by atoms with Crippen LogP contribution < -0.4 is 0 Å². The molecule has 2 aromatic carbocycles. The fourth-order valence-corrected chi connectivity index (χ4v) is 5.06. The monoisotopic (exact) mass is 402 g/mol. The van der Waals surface area contributed by atoms with Crippen LogP contribution in [0.4, 0.5) is 0 Å². The summed E-state index contributed by atoms with van der Waals surface area (Å²) in [7, 11) is 0. The van der Waals surface area contributed by atoms with Crippen molar-refractivity contribution in [1.82, 2.24) is 30.2 Å². The predicted octanol–water partition coefficient (Wildman–Crippen LogP) is 4.79. The van der Waals surface area contributed by atoms with Crippen LogP contribution in [-0.4, -0.2) is 30.2 Å². The van der Waals surface area contributed by atoms with Gasteiger partial charge in [-0.15, -0.1) is 16.4 Å². The van der Waals surface area contributed by atoms with E-state index < -0.39 is 0 Å². The van der Waals surface area contributed by atoms with E-state index in [0.717, 1.165) is 26.5 Å². The van der Waals surface area contributed by atoms with Crippen LogP contribution in [0.15, 0.2) is 77.2 Å². The number of hydrogen-bond donors (Lipinski definition) is 0. The molecule has 0 aliphatic carbocycles. The van der Waals surface area contributed by atoms with Crippen molar-refractivity contribution >= 4 is 33.3 Å². The number of rotatable bonds is 4. The largest absolute Gasteiger partial charge is 0.229 e. The molecule has 0 saturated carbocycles. The maximum atomic E-state index is 4.57. The van der Waals surface area contributed by atoms with Gasteiger partial charge in [-0.3, -0.25) is 0 Å². The molecule has 0 aliphatic rings. The molecular formula is C20H14N6S2. The van der Waals surface area contributed by atoms with Crippen molar-refractivity contribution in [2.75, 3.05) is 0 Å². The molecule has 0 spiro atoms. The zero-order chi connectivity index (χ0) is 18.9. The van der Waals surface area contributed by atoms with Crippen molar-refractivity contribution in [3.8, 4) is 16.8 Å². The number of hydrogen-bond acceptors (Lipinski definition) is 7. The van der Waals surface area contributed by atoms with Gasteiger partial charge in [0.25, 0.3) is 0 Å². The molecule has 0 saturated heterocycles. The summed E-state index contributed by atoms with van der Waals surface area (Å²) in [5, 5.41) is 14.8. The highest BCUT2D eigenvalue weighted by Gasteiger charge is 2.19. The molecular weight excluding hydrogens is 388 g/mol. The van der Waals surface area contributed by atoms with E-state index in [0.29, 0.717) is 5.16 Å². The van der Waals surface area contributed by atoms with Gasteiger partial charge in [0.05, 0.1) is 11.1 Å². The molecule has 0 unspecified atom stereocenters. The van der Waals surface area contributed by atoms with E-state index in [2.05, 4.69) is 44.5 Å². The van der Waals surface area contributed by atoms with Crippen molar-refractivity contribution < 1.29 is 0 Å². The molecule has 0 N–H and O–H groups in total. The highest BCUT2D eigenvalue weighted by molar-refractivity contribution is 7.99. The first-order valence-electron chi connectivity index (χ1n) is 8.62. The maximum Gasteiger partial charge on any atom is 0.220 e. The summed E-state index contributed by atoms with van der Waals surface area (Å²) in [6.07, 6.45) is 1.60. The second kappa shape index (κ2) is 7.14. The predicted molar refractivity (Wildman–Crippen MR) is 111 cm³/mol. The summed E-state index contributed by atoms with van der Waals surface area (Å²) in [6.45, 7) is 2.12. The third-order valence-electron chi connectivity index (χ3n) is 4.32. The SMILES string of the molecule is Cc1sc2ncnc(Sc3nnnn3-c3ccccc3)c2c1-c1ccccc1. The molecule has 0 aliphatic heterocycles. The third kappa shape index (κ3) is 2.96. The van der Waals surface area contributed by atoms with Gasteiger partial charge in [0.15, 0.2) is 0 Å². The molecule has 0 bridgehead atoms. The number of tetrazole rings is 1. The second-order valence-corrected chi connectivity index (χ2v) is 8.23. The van der Waals surface area contributed by atoms with Crippen molar-refractivity contribution in [3.05, 3.63) is 71.9 Å². The Bertz CT molecular complexity index is 1250. The number of aromatic nitrogens is 6. The van der Waals surface area contributed by atoms with Gasteiger partial charge >= 0.3 is 0 Å². The molecule has 6 nitrogen and oxygen atoms in total. The summed E-state index contributed by atoms with van der Waals surface area (Å²) in [5.74, 6) is 0. The van der Waals surface area contributed by atoms with Gasteiger partial charge < -0.3 is 0 Å². The van der Waals surface area contributed by atoms with Crippen molar-refractivity contribution in [1.29, 1.82) is 0 Å². The van der Waals surface area contributed by atoms with Crippen LogP contribution in [0, 0.1) is 6.92 Å². The van der Waals surface area contributed by atoms with Crippen LogP contribution in [0.5, 0.6) is 0 Å². The van der Waals surface area contributed by atoms with Crippen LogP contribution in [0.25, 0.3) is 27.0 Å². The Labute approximate surface area is 169 Å². The average Bonchev–Trinajstić information content (AvgIpc) is 3.33. The Hall–Kier alpha value is -3.10. The quantitative estimate of drug-likeness (QED) is 0.403. The van der Waals surface area contributed by atoms with E-state index in [1.54, 1.807) is 22.3 Å². The standard InChI is InChI=1S/C20H14N6S2/c1-13-16(14-8-4-2-5-9-14)17-18(27-13)21-12-22-19(17)28-20-23-24-25-26(20)15-10-6-3-7-11-15/h2-12H,1H3. The second-order valence-electron chi connectivity index (χ2n) is 6.07. The van der Waals surface area contributed by atoms with Crippen molar-refractivity contribution in [2.24, 2.45) is 0 Å². The van der Waals surface area contributed by atoms with Gasteiger partial charge in [-0.1, -0.05) is 48.5 Å². The zero-order valence-electron chi connectivity index (χ0n) is 14.9. The molecule has 3 heterocycles. The normalized spacial score (nSPS) is 11.2. The molecule has 28 heavy (non-hydrogen) atoms. The molecule has 0 fully saturated rings. The van der Waals surface area contributed by atoms with Crippen molar-refractivity contribution in [2.45, 2.75) is 17.1 Å². The molecule has 0 radical (unpaired) electrons. The third-order valence-corrected chi connectivity index (χ3v) is 6.27. The minimum atomic E-state index is 0.661. The van der Waals surface area contributed by atoms with Gasteiger partial charge in [0.1, 0.15) is 16.2 Å². The number of nitrogens with zero attached hydrogens (tertiary/aromatic N) is 6. The van der Waals surface area contributed by atoms with E-state index in [4.69, 9.17) is 0 Å². The minimum absolute atomic E-state index is 0.661. The van der Waals surface area contributed by atoms with Crippen LogP contribution in [0.2, 0.25) is 0 Å². The lowest BCUT2D eigenvalue weighted by Crippen LogP contribution is -1.98. The number of para-hydroxylation sites is 1. The summed E-state index contributed by atoms with van der Waals surface area (Å²) < 4.78 is 1.72. The molecule has 5 rings (SSSR count). The Balaban J connectivity index is 1.65. The van der Waals surface area contributed by atoms with Gasteiger partial charge in [-0.2, -0.15) is 4.68 Å². The lowest BCUT2D eigenvalue weighted by atomic mass is 10.0. The molecule has 136 valence electrons. The van der Waals surface area contributed by atoms with E-state index in [1.807, 2.05) is 48.5 Å². The van der Waals surface area contributed by atoms with Crippen LogP contribution in [0.1, 0.15) is 4.88 Å².